The fourth-order valence-electron chi connectivity index (χ4n) is 6.72. The summed E-state index contributed by atoms with van der Waals surface area (Å²) in [4.78, 5) is 47.5. The van der Waals surface area contributed by atoms with Crippen LogP contribution in [0.25, 0.3) is 0 Å². The van der Waals surface area contributed by atoms with Gasteiger partial charge in [-0.25, -0.2) is 0 Å². The van der Waals surface area contributed by atoms with Crippen molar-refractivity contribution in [3.8, 4) is 0 Å². The maximum Gasteiger partial charge on any atom is 0.251 e. The zero-order chi connectivity index (χ0) is 28.4. The number of likely N-dealkylation sites (tertiary alicyclic amines) is 1. The molecule has 7 nitrogen and oxygen atoms in total. The van der Waals surface area contributed by atoms with Crippen molar-refractivity contribution in [1.82, 2.24) is 9.80 Å². The Balaban J connectivity index is 1.52. The van der Waals surface area contributed by atoms with Crippen LogP contribution in [-0.4, -0.2) is 74.9 Å². The minimum absolute atomic E-state index is 0.0183. The lowest BCUT2D eigenvalue weighted by Crippen LogP contribution is -2.55. The Morgan fingerprint density at radius 2 is 1.77 bits per heavy atom. The van der Waals surface area contributed by atoms with Crippen LogP contribution in [0.5, 0.6) is 0 Å². The number of anilines is 1. The molecule has 1 spiro atoms. The van der Waals surface area contributed by atoms with Crippen LogP contribution in [0, 0.1) is 11.8 Å². The molecule has 5 atom stereocenters. The third-order valence-corrected chi connectivity index (χ3v) is 10.5. The fourth-order valence-corrected chi connectivity index (χ4v) is 9.16. The van der Waals surface area contributed by atoms with Gasteiger partial charge in [0.1, 0.15) is 6.04 Å². The van der Waals surface area contributed by atoms with Gasteiger partial charge in [-0.2, -0.15) is 0 Å². The maximum absolute atomic E-state index is 14.4. The highest BCUT2D eigenvalue weighted by Gasteiger charge is 2.74. The molecule has 3 aliphatic rings. The lowest BCUT2D eigenvalue weighted by molar-refractivity contribution is -0.144. The molecule has 3 amide bonds. The van der Waals surface area contributed by atoms with E-state index >= 15 is 0 Å². The molecule has 3 fully saturated rings. The minimum atomic E-state index is -0.830. The van der Waals surface area contributed by atoms with Gasteiger partial charge >= 0.3 is 0 Å². The molecule has 210 valence electrons. The fraction of sp³-hybridized carbons (Fsp3) is 0.387. The molecule has 0 aromatic heterocycles. The number of carbonyl (C=O) groups excluding carboxylic acids is 3. The van der Waals surface area contributed by atoms with E-state index in [4.69, 9.17) is 11.6 Å². The molecular weight excluding hydrogens is 546 g/mol. The van der Waals surface area contributed by atoms with Gasteiger partial charge in [-0.15, -0.1) is 24.9 Å². The molecule has 5 rings (SSSR count). The summed E-state index contributed by atoms with van der Waals surface area (Å²) in [7, 11) is 0. The molecule has 3 aliphatic heterocycles. The van der Waals surface area contributed by atoms with E-state index in [2.05, 4.69) is 13.2 Å². The van der Waals surface area contributed by atoms with Crippen molar-refractivity contribution in [2.75, 3.05) is 31.1 Å². The second kappa shape index (κ2) is 11.8. The number of benzene rings is 2. The molecule has 0 aliphatic carbocycles. The largest absolute Gasteiger partial charge is 0.395 e. The molecular formula is C31H34ClN3O4S. The molecule has 2 unspecified atom stereocenters. The van der Waals surface area contributed by atoms with Crippen LogP contribution in [0.1, 0.15) is 18.4 Å². The first kappa shape index (κ1) is 28.5. The highest BCUT2D eigenvalue weighted by Crippen LogP contribution is 2.66. The topological polar surface area (TPSA) is 81.2 Å². The van der Waals surface area contributed by atoms with Crippen molar-refractivity contribution in [1.29, 1.82) is 0 Å². The number of rotatable bonds is 11. The molecule has 9 heteroatoms. The molecule has 40 heavy (non-hydrogen) atoms. The van der Waals surface area contributed by atoms with Crippen LogP contribution in [0.3, 0.4) is 0 Å². The van der Waals surface area contributed by atoms with Gasteiger partial charge in [0.2, 0.25) is 11.8 Å². The van der Waals surface area contributed by atoms with E-state index in [9.17, 15) is 19.5 Å². The van der Waals surface area contributed by atoms with Crippen molar-refractivity contribution in [3.63, 3.8) is 0 Å². The Morgan fingerprint density at radius 3 is 2.45 bits per heavy atom. The van der Waals surface area contributed by atoms with E-state index < -0.39 is 22.6 Å². The van der Waals surface area contributed by atoms with Crippen LogP contribution in [0.2, 0.25) is 5.02 Å². The van der Waals surface area contributed by atoms with Gasteiger partial charge in [0, 0.05) is 31.4 Å². The second-order valence-electron chi connectivity index (χ2n) is 10.5. The predicted molar refractivity (Wildman–Crippen MR) is 159 cm³/mol. The Labute approximate surface area is 244 Å². The van der Waals surface area contributed by atoms with Gasteiger partial charge in [0.25, 0.3) is 5.91 Å². The number of aliphatic hydroxyl groups is 1. The number of halogens is 1. The van der Waals surface area contributed by atoms with Gasteiger partial charge in [-0.05, 0) is 30.5 Å². The van der Waals surface area contributed by atoms with E-state index in [0.717, 1.165) is 12.0 Å². The number of nitrogens with zero attached hydrogens (tertiary/aromatic N) is 3. The molecule has 3 saturated heterocycles. The summed E-state index contributed by atoms with van der Waals surface area (Å²) in [6, 6.07) is 16.0. The predicted octanol–water partition coefficient (Wildman–Crippen LogP) is 4.16. The second-order valence-corrected chi connectivity index (χ2v) is 12.5. The summed E-state index contributed by atoms with van der Waals surface area (Å²) in [6.45, 7) is 8.40. The van der Waals surface area contributed by atoms with E-state index in [-0.39, 0.29) is 42.7 Å². The van der Waals surface area contributed by atoms with Crippen molar-refractivity contribution in [2.45, 2.75) is 35.4 Å². The molecule has 0 saturated carbocycles. The first-order chi connectivity index (χ1) is 19.4. The monoisotopic (exact) mass is 579 g/mol. The van der Waals surface area contributed by atoms with Crippen molar-refractivity contribution < 1.29 is 19.5 Å². The standard InChI is InChI=1S/C31H34ClN3O4S/c1-3-16-33(20-21-10-6-5-7-11-21)28(37)25-24-14-15-31(40-24)26(25)29(38)35(18-19-36)27(31)30(39)34(17-4-2)23-13-9-8-12-22(23)32/h3-13,24-27,36H,1-2,14-20H2/t24-,25+,26+,27?,31?/m1/s1. The first-order valence-corrected chi connectivity index (χ1v) is 14.8. The number of hydrogen-bond acceptors (Lipinski definition) is 5. The molecule has 3 heterocycles. The number of β-amino-alcohol motifs (C(OH)–C–C–N with tert-alkyl or cyclic N) is 1. The lowest BCUT2D eigenvalue weighted by Gasteiger charge is -2.37. The summed E-state index contributed by atoms with van der Waals surface area (Å²) in [5.41, 5.74) is 1.53. The van der Waals surface area contributed by atoms with Crippen LogP contribution in [0.15, 0.2) is 79.9 Å². The van der Waals surface area contributed by atoms with Crippen molar-refractivity contribution in [3.05, 3.63) is 90.5 Å². The number of amides is 3. The summed E-state index contributed by atoms with van der Waals surface area (Å²) >= 11 is 8.11. The maximum atomic E-state index is 14.4. The van der Waals surface area contributed by atoms with Crippen LogP contribution in [0.4, 0.5) is 5.69 Å². The normalized spacial score (nSPS) is 26.4. The zero-order valence-electron chi connectivity index (χ0n) is 22.3. The van der Waals surface area contributed by atoms with Gasteiger partial charge in [0.15, 0.2) is 0 Å². The third kappa shape index (κ3) is 4.76. The van der Waals surface area contributed by atoms with Gasteiger partial charge in [0.05, 0.1) is 33.9 Å². The van der Waals surface area contributed by atoms with E-state index in [0.29, 0.717) is 30.2 Å². The lowest BCUT2D eigenvalue weighted by atomic mass is 9.70. The van der Waals surface area contributed by atoms with Crippen LogP contribution >= 0.6 is 23.4 Å². The van der Waals surface area contributed by atoms with E-state index in [1.807, 2.05) is 36.4 Å². The summed E-state index contributed by atoms with van der Waals surface area (Å²) in [5.74, 6) is -1.80. The molecule has 2 bridgehead atoms. The smallest absolute Gasteiger partial charge is 0.251 e. The highest BCUT2D eigenvalue weighted by molar-refractivity contribution is 8.02. The Bertz CT molecular complexity index is 1310. The summed E-state index contributed by atoms with van der Waals surface area (Å²) < 4.78 is -0.762. The molecule has 2 aromatic rings. The molecule has 2 aromatic carbocycles. The first-order valence-electron chi connectivity index (χ1n) is 13.6. The Hall–Kier alpha value is -3.07. The van der Waals surface area contributed by atoms with Crippen molar-refractivity contribution in [2.24, 2.45) is 11.8 Å². The minimum Gasteiger partial charge on any atom is -0.395 e. The van der Waals surface area contributed by atoms with Crippen LogP contribution in [-0.2, 0) is 20.9 Å². The third-order valence-electron chi connectivity index (χ3n) is 8.26. The molecule has 0 radical (unpaired) electrons. The number of aliphatic hydroxyl groups excluding tert-OH is 1. The number of fused-ring (bicyclic) bond motifs is 1. The average Bonchev–Trinajstić information content (AvgIpc) is 3.60. The van der Waals surface area contributed by atoms with E-state index in [1.54, 1.807) is 51.9 Å². The number of para-hydroxylation sites is 1. The van der Waals surface area contributed by atoms with Crippen molar-refractivity contribution >= 4 is 46.8 Å². The number of carbonyl (C=O) groups is 3. The Kier molecular flexibility index (Phi) is 8.40. The summed E-state index contributed by atoms with van der Waals surface area (Å²) in [6.07, 6.45) is 4.72. The highest BCUT2D eigenvalue weighted by atomic mass is 35.5. The van der Waals surface area contributed by atoms with Gasteiger partial charge in [-0.1, -0.05) is 66.2 Å². The molecule has 1 N–H and O–H groups in total. The van der Waals surface area contributed by atoms with Gasteiger partial charge in [-0.3, -0.25) is 14.4 Å². The van der Waals surface area contributed by atoms with Gasteiger partial charge < -0.3 is 19.8 Å². The zero-order valence-corrected chi connectivity index (χ0v) is 23.9. The SMILES string of the molecule is C=CCN(Cc1ccccc1)C(=O)[C@@H]1[C@H]2C(=O)N(CCO)C(C(=O)N(CC=C)c3ccccc3Cl)C23CC[C@H]1S3. The van der Waals surface area contributed by atoms with E-state index in [1.165, 1.54) is 4.90 Å². The van der Waals surface area contributed by atoms with Crippen LogP contribution < -0.4 is 4.90 Å². The average molecular weight is 580 g/mol. The summed E-state index contributed by atoms with van der Waals surface area (Å²) in [5, 5.41) is 10.3. The number of hydrogen-bond donors (Lipinski definition) is 1. The number of thioether (sulfide) groups is 1. The Morgan fingerprint density at radius 1 is 1.07 bits per heavy atom. The quantitative estimate of drug-likeness (QED) is 0.404.